The van der Waals surface area contributed by atoms with Gasteiger partial charge in [-0.2, -0.15) is 5.26 Å². The van der Waals surface area contributed by atoms with Gasteiger partial charge in [-0.3, -0.25) is 13.7 Å². The quantitative estimate of drug-likeness (QED) is 0.639. The van der Waals surface area contributed by atoms with E-state index in [1.54, 1.807) is 16.2 Å². The maximum absolute atomic E-state index is 13.1. The van der Waals surface area contributed by atoms with Gasteiger partial charge >= 0.3 is 0 Å². The molecule has 2 unspecified atom stereocenters. The predicted molar refractivity (Wildman–Crippen MR) is 118 cm³/mol. The zero-order valence-corrected chi connectivity index (χ0v) is 17.8. The standard InChI is InChI=1S/C21H22ClN5OS/c1-12(2)15-11-24-9-7-18(15)27-21(28)14(10-23)20(29-27)26-19-13-4-3-8-25-17(13)6-5-16(19)22/h3-6,8,12,15,18,24,26H,7,9,11H2,1-2H3. The van der Waals surface area contributed by atoms with Gasteiger partial charge in [-0.25, -0.2) is 0 Å². The number of rotatable bonds is 4. The average Bonchev–Trinajstić information content (AvgIpc) is 3.05. The molecule has 1 aliphatic heterocycles. The van der Waals surface area contributed by atoms with Crippen LogP contribution in [0.4, 0.5) is 10.7 Å². The number of halogens is 1. The van der Waals surface area contributed by atoms with Crippen LogP contribution in [0.3, 0.4) is 0 Å². The zero-order chi connectivity index (χ0) is 20.5. The molecule has 1 aromatic carbocycles. The van der Waals surface area contributed by atoms with Crippen LogP contribution in [0.1, 0.15) is 31.9 Å². The third kappa shape index (κ3) is 3.64. The van der Waals surface area contributed by atoms with Crippen molar-refractivity contribution in [3.05, 3.63) is 51.4 Å². The van der Waals surface area contributed by atoms with Gasteiger partial charge in [-0.05, 0) is 60.6 Å². The van der Waals surface area contributed by atoms with E-state index < -0.39 is 0 Å². The Balaban J connectivity index is 1.79. The Hall–Kier alpha value is -2.40. The molecule has 1 fully saturated rings. The Morgan fingerprint density at radius 1 is 1.41 bits per heavy atom. The third-order valence-electron chi connectivity index (χ3n) is 5.56. The van der Waals surface area contributed by atoms with Gasteiger partial charge in [0.25, 0.3) is 5.56 Å². The number of aromatic nitrogens is 2. The van der Waals surface area contributed by atoms with E-state index in [1.165, 1.54) is 11.5 Å². The molecule has 150 valence electrons. The van der Waals surface area contributed by atoms with Crippen molar-refractivity contribution < 1.29 is 0 Å². The minimum Gasteiger partial charge on any atom is -0.343 e. The fraction of sp³-hybridized carbons (Fsp3) is 0.381. The smallest absolute Gasteiger partial charge is 0.281 e. The Labute approximate surface area is 178 Å². The maximum atomic E-state index is 13.1. The highest BCUT2D eigenvalue weighted by atomic mass is 35.5. The molecule has 3 aromatic rings. The average molecular weight is 428 g/mol. The van der Waals surface area contributed by atoms with Crippen molar-refractivity contribution in [3.8, 4) is 6.07 Å². The highest BCUT2D eigenvalue weighted by Crippen LogP contribution is 2.37. The molecular formula is C21H22ClN5OS. The Kier molecular flexibility index (Phi) is 5.59. The summed E-state index contributed by atoms with van der Waals surface area (Å²) in [5.41, 5.74) is 1.36. The molecule has 6 nitrogen and oxygen atoms in total. The van der Waals surface area contributed by atoms with E-state index in [-0.39, 0.29) is 17.2 Å². The summed E-state index contributed by atoms with van der Waals surface area (Å²) >= 11 is 7.76. The van der Waals surface area contributed by atoms with Gasteiger partial charge in [0.05, 0.1) is 22.3 Å². The molecule has 8 heteroatoms. The lowest BCUT2D eigenvalue weighted by Gasteiger charge is -2.34. The number of piperidine rings is 1. The van der Waals surface area contributed by atoms with Crippen molar-refractivity contribution in [2.24, 2.45) is 11.8 Å². The van der Waals surface area contributed by atoms with Crippen molar-refractivity contribution in [1.82, 2.24) is 14.3 Å². The van der Waals surface area contributed by atoms with Crippen molar-refractivity contribution in [2.45, 2.75) is 26.3 Å². The topological polar surface area (TPSA) is 82.7 Å². The maximum Gasteiger partial charge on any atom is 0.281 e. The van der Waals surface area contributed by atoms with Crippen molar-refractivity contribution in [1.29, 1.82) is 5.26 Å². The number of nitriles is 1. The van der Waals surface area contributed by atoms with Crippen LogP contribution in [0.2, 0.25) is 5.02 Å². The van der Waals surface area contributed by atoms with Crippen LogP contribution in [-0.2, 0) is 0 Å². The molecule has 0 radical (unpaired) electrons. The van der Waals surface area contributed by atoms with Gasteiger partial charge in [0.1, 0.15) is 11.1 Å². The summed E-state index contributed by atoms with van der Waals surface area (Å²) in [6.07, 6.45) is 2.59. The van der Waals surface area contributed by atoms with Crippen LogP contribution in [0.15, 0.2) is 35.3 Å². The van der Waals surface area contributed by atoms with E-state index in [1.807, 2.05) is 18.2 Å². The zero-order valence-electron chi connectivity index (χ0n) is 16.3. The lowest BCUT2D eigenvalue weighted by Crippen LogP contribution is -2.42. The molecule has 0 amide bonds. The van der Waals surface area contributed by atoms with Crippen LogP contribution >= 0.6 is 23.1 Å². The number of nitrogens with zero attached hydrogens (tertiary/aromatic N) is 3. The minimum atomic E-state index is -0.230. The van der Waals surface area contributed by atoms with E-state index in [9.17, 15) is 10.1 Å². The van der Waals surface area contributed by atoms with Gasteiger partial charge in [-0.15, -0.1) is 0 Å². The van der Waals surface area contributed by atoms with E-state index in [0.717, 1.165) is 30.4 Å². The fourth-order valence-electron chi connectivity index (χ4n) is 4.00. The Bertz CT molecular complexity index is 1150. The predicted octanol–water partition coefficient (Wildman–Crippen LogP) is 4.53. The van der Waals surface area contributed by atoms with Crippen LogP contribution in [0.5, 0.6) is 0 Å². The SMILES string of the molecule is CC(C)C1CNCCC1n1sc(Nc2c(Cl)ccc3ncccc23)c(C#N)c1=O. The van der Waals surface area contributed by atoms with E-state index in [0.29, 0.717) is 27.5 Å². The molecule has 29 heavy (non-hydrogen) atoms. The normalized spacial score (nSPS) is 19.4. The van der Waals surface area contributed by atoms with Crippen molar-refractivity contribution in [3.63, 3.8) is 0 Å². The van der Waals surface area contributed by atoms with Crippen LogP contribution < -0.4 is 16.2 Å². The van der Waals surface area contributed by atoms with Crippen molar-refractivity contribution >= 4 is 44.7 Å². The molecule has 0 saturated carbocycles. The Morgan fingerprint density at radius 2 is 2.24 bits per heavy atom. The molecule has 0 spiro atoms. The number of pyridine rings is 1. The van der Waals surface area contributed by atoms with Gasteiger partial charge in [0.15, 0.2) is 5.56 Å². The van der Waals surface area contributed by atoms with Crippen molar-refractivity contribution in [2.75, 3.05) is 18.4 Å². The lowest BCUT2D eigenvalue weighted by molar-refractivity contribution is 0.206. The number of hydrogen-bond acceptors (Lipinski definition) is 6. The second-order valence-corrected chi connectivity index (χ2v) is 9.02. The fourth-order valence-corrected chi connectivity index (χ4v) is 5.35. The van der Waals surface area contributed by atoms with E-state index in [4.69, 9.17) is 11.6 Å². The number of hydrogen-bond donors (Lipinski definition) is 2. The summed E-state index contributed by atoms with van der Waals surface area (Å²) in [6.45, 7) is 6.09. The first-order chi connectivity index (χ1) is 14.0. The molecule has 2 aromatic heterocycles. The number of anilines is 2. The monoisotopic (exact) mass is 427 g/mol. The summed E-state index contributed by atoms with van der Waals surface area (Å²) in [4.78, 5) is 17.4. The highest BCUT2D eigenvalue weighted by molar-refractivity contribution is 7.11. The Morgan fingerprint density at radius 3 is 3.00 bits per heavy atom. The largest absolute Gasteiger partial charge is 0.343 e. The molecule has 4 rings (SSSR count). The van der Waals surface area contributed by atoms with E-state index in [2.05, 4.69) is 35.5 Å². The number of benzene rings is 1. The van der Waals surface area contributed by atoms with Crippen LogP contribution in [0.25, 0.3) is 10.9 Å². The number of fused-ring (bicyclic) bond motifs is 1. The first-order valence-corrected chi connectivity index (χ1v) is 10.8. The van der Waals surface area contributed by atoms with Crippen LogP contribution in [-0.4, -0.2) is 22.0 Å². The van der Waals surface area contributed by atoms with Gasteiger partial charge in [0.2, 0.25) is 0 Å². The highest BCUT2D eigenvalue weighted by Gasteiger charge is 2.32. The molecule has 2 atom stereocenters. The third-order valence-corrected chi connectivity index (χ3v) is 7.00. The first kappa shape index (κ1) is 19.9. The molecule has 0 aliphatic carbocycles. The number of nitrogens with one attached hydrogen (secondary N) is 2. The summed E-state index contributed by atoms with van der Waals surface area (Å²) in [7, 11) is 0. The first-order valence-electron chi connectivity index (χ1n) is 9.68. The molecule has 0 bridgehead atoms. The molecule has 3 heterocycles. The summed E-state index contributed by atoms with van der Waals surface area (Å²) < 4.78 is 1.78. The molecular weight excluding hydrogens is 406 g/mol. The second-order valence-electron chi connectivity index (χ2n) is 7.62. The van der Waals surface area contributed by atoms with Crippen LogP contribution in [0, 0.1) is 23.2 Å². The summed E-state index contributed by atoms with van der Waals surface area (Å²) in [5.74, 6) is 0.771. The summed E-state index contributed by atoms with van der Waals surface area (Å²) in [5, 5.41) is 18.3. The second kappa shape index (κ2) is 8.15. The molecule has 1 saturated heterocycles. The minimum absolute atomic E-state index is 0.0843. The summed E-state index contributed by atoms with van der Waals surface area (Å²) in [6, 6.07) is 9.56. The lowest BCUT2D eigenvalue weighted by atomic mass is 9.84. The molecule has 2 N–H and O–H groups in total. The van der Waals surface area contributed by atoms with Gasteiger partial charge in [-0.1, -0.05) is 25.4 Å². The van der Waals surface area contributed by atoms with Gasteiger partial charge in [0, 0.05) is 18.1 Å². The van der Waals surface area contributed by atoms with Gasteiger partial charge < -0.3 is 10.6 Å². The van der Waals surface area contributed by atoms with E-state index >= 15 is 0 Å². The molecule has 1 aliphatic rings.